The van der Waals surface area contributed by atoms with Crippen LogP contribution in [0.4, 0.5) is 23.2 Å². The minimum atomic E-state index is -4.74. The number of amides is 1. The van der Waals surface area contributed by atoms with Crippen molar-refractivity contribution in [2.24, 2.45) is 0 Å². The van der Waals surface area contributed by atoms with Gasteiger partial charge in [0.25, 0.3) is 15.9 Å². The SMILES string of the molecule is Cc1ccc(S(=O)(=O)n2c(-c3ccccc3)c([C@@H]3C[C@@H](c4ccccc4)[C@@](F)(C(=O)Nc4ccccc4)C3)c3cc(C(F)(F)F)ccc32)cc1. The van der Waals surface area contributed by atoms with Crippen molar-refractivity contribution in [3.8, 4) is 11.3 Å². The number of aryl methyl sites for hydroxylation is 1. The van der Waals surface area contributed by atoms with Crippen LogP contribution in [0.5, 0.6) is 0 Å². The Bertz CT molecular complexity index is 2290. The number of hydrogen-bond donors (Lipinski definition) is 1. The maximum atomic E-state index is 17.7. The van der Waals surface area contributed by atoms with Crippen LogP contribution < -0.4 is 5.32 Å². The molecule has 254 valence electrons. The van der Waals surface area contributed by atoms with E-state index < -0.39 is 51.6 Å². The van der Waals surface area contributed by atoms with Gasteiger partial charge in [-0.3, -0.25) is 4.79 Å². The summed E-state index contributed by atoms with van der Waals surface area (Å²) in [7, 11) is -4.41. The Kier molecular flexibility index (Phi) is 8.38. The molecule has 1 N–H and O–H groups in total. The Morgan fingerprint density at radius 1 is 0.820 bits per heavy atom. The molecule has 1 saturated carbocycles. The zero-order chi connectivity index (χ0) is 35.3. The molecule has 3 atom stereocenters. The Hall–Kier alpha value is -5.22. The number of alkyl halides is 4. The average Bonchev–Trinajstić information content (AvgIpc) is 3.65. The Balaban J connectivity index is 1.50. The molecular formula is C40H32F4N2O3S. The number of carbonyl (C=O) groups is 1. The molecule has 5 nitrogen and oxygen atoms in total. The first-order valence-electron chi connectivity index (χ1n) is 16.1. The molecular weight excluding hydrogens is 665 g/mol. The number of fused-ring (bicyclic) bond motifs is 1. The fraction of sp³-hybridized carbons (Fsp3) is 0.175. The van der Waals surface area contributed by atoms with Crippen LogP contribution in [0, 0.1) is 6.92 Å². The summed E-state index contributed by atoms with van der Waals surface area (Å²) < 4.78 is 90.8. The quantitative estimate of drug-likeness (QED) is 0.169. The van der Waals surface area contributed by atoms with Crippen molar-refractivity contribution < 1.29 is 30.8 Å². The topological polar surface area (TPSA) is 68.2 Å². The number of aromatic nitrogens is 1. The Morgan fingerprint density at radius 3 is 2.04 bits per heavy atom. The summed E-state index contributed by atoms with van der Waals surface area (Å²) in [6.07, 6.45) is -5.11. The Morgan fingerprint density at radius 2 is 1.42 bits per heavy atom. The van der Waals surface area contributed by atoms with E-state index in [2.05, 4.69) is 5.32 Å². The normalized spacial score (nSPS) is 19.5. The maximum Gasteiger partial charge on any atom is 0.416 e. The summed E-state index contributed by atoms with van der Waals surface area (Å²) in [5, 5.41) is 2.73. The van der Waals surface area contributed by atoms with E-state index in [1.54, 1.807) is 103 Å². The van der Waals surface area contributed by atoms with Crippen molar-refractivity contribution in [1.82, 2.24) is 3.97 Å². The average molecular weight is 697 g/mol. The van der Waals surface area contributed by atoms with Crippen LogP contribution >= 0.6 is 0 Å². The molecule has 1 aliphatic carbocycles. The van der Waals surface area contributed by atoms with E-state index in [-0.39, 0.29) is 33.5 Å². The summed E-state index contributed by atoms with van der Waals surface area (Å²) >= 11 is 0. The molecule has 10 heteroatoms. The molecule has 1 aliphatic rings. The number of nitrogens with one attached hydrogen (secondary N) is 1. The van der Waals surface area contributed by atoms with Gasteiger partial charge in [0, 0.05) is 17.0 Å². The zero-order valence-corrected chi connectivity index (χ0v) is 27.7. The van der Waals surface area contributed by atoms with Crippen LogP contribution in [0.2, 0.25) is 0 Å². The van der Waals surface area contributed by atoms with Crippen molar-refractivity contribution in [3.63, 3.8) is 0 Å². The predicted octanol–water partition coefficient (Wildman–Crippen LogP) is 9.88. The summed E-state index contributed by atoms with van der Waals surface area (Å²) in [5.74, 6) is -2.73. The number of rotatable bonds is 7. The molecule has 1 aromatic heterocycles. The largest absolute Gasteiger partial charge is 0.416 e. The molecule has 6 aromatic rings. The molecule has 7 rings (SSSR count). The van der Waals surface area contributed by atoms with Gasteiger partial charge >= 0.3 is 6.18 Å². The molecule has 0 unspecified atom stereocenters. The molecule has 0 radical (unpaired) electrons. The van der Waals surface area contributed by atoms with Crippen LogP contribution in [-0.2, 0) is 21.0 Å². The van der Waals surface area contributed by atoms with E-state index in [1.807, 2.05) is 6.92 Å². The zero-order valence-electron chi connectivity index (χ0n) is 26.9. The number of benzene rings is 5. The first kappa shape index (κ1) is 33.3. The second-order valence-electron chi connectivity index (χ2n) is 12.7. The molecule has 0 saturated heterocycles. The van der Waals surface area contributed by atoms with Gasteiger partial charge in [-0.1, -0.05) is 96.6 Å². The molecule has 50 heavy (non-hydrogen) atoms. The third-order valence-electron chi connectivity index (χ3n) is 9.53. The summed E-state index contributed by atoms with van der Waals surface area (Å²) in [6.45, 7) is 1.81. The van der Waals surface area contributed by atoms with E-state index >= 15 is 4.39 Å². The minimum absolute atomic E-state index is 0.0220. The van der Waals surface area contributed by atoms with Crippen molar-refractivity contribution in [2.75, 3.05) is 5.32 Å². The lowest BCUT2D eigenvalue weighted by atomic mass is 9.85. The van der Waals surface area contributed by atoms with Crippen molar-refractivity contribution in [3.05, 3.63) is 156 Å². The van der Waals surface area contributed by atoms with Crippen molar-refractivity contribution in [1.29, 1.82) is 0 Å². The number of carbonyl (C=O) groups excluding carboxylic acids is 1. The smallest absolute Gasteiger partial charge is 0.323 e. The lowest BCUT2D eigenvalue weighted by Gasteiger charge is -2.26. The molecule has 5 aromatic carbocycles. The van der Waals surface area contributed by atoms with Gasteiger partial charge in [-0.2, -0.15) is 13.2 Å². The van der Waals surface area contributed by atoms with Gasteiger partial charge in [-0.25, -0.2) is 16.8 Å². The monoisotopic (exact) mass is 696 g/mol. The first-order chi connectivity index (χ1) is 23.9. The summed E-state index contributed by atoms with van der Waals surface area (Å²) in [4.78, 5) is 13.9. The number of nitrogens with zero attached hydrogens (tertiary/aromatic N) is 1. The van der Waals surface area contributed by atoms with E-state index in [1.165, 1.54) is 12.1 Å². The third kappa shape index (κ3) is 5.87. The highest BCUT2D eigenvalue weighted by atomic mass is 32.2. The van der Waals surface area contributed by atoms with Gasteiger partial charge in [-0.05, 0) is 84.8 Å². The van der Waals surface area contributed by atoms with Crippen LogP contribution in [0.1, 0.15) is 46.9 Å². The highest BCUT2D eigenvalue weighted by molar-refractivity contribution is 7.90. The number of halogens is 4. The molecule has 1 amide bonds. The molecule has 0 spiro atoms. The van der Waals surface area contributed by atoms with E-state index in [0.717, 1.165) is 27.7 Å². The lowest BCUT2D eigenvalue weighted by Crippen LogP contribution is -2.41. The molecule has 0 bridgehead atoms. The minimum Gasteiger partial charge on any atom is -0.323 e. The van der Waals surface area contributed by atoms with Gasteiger partial charge in [0.15, 0.2) is 5.67 Å². The molecule has 1 fully saturated rings. The van der Waals surface area contributed by atoms with Crippen LogP contribution in [0.3, 0.4) is 0 Å². The van der Waals surface area contributed by atoms with E-state index in [4.69, 9.17) is 0 Å². The maximum absolute atomic E-state index is 17.7. The van der Waals surface area contributed by atoms with Crippen molar-refractivity contribution in [2.45, 2.75) is 48.3 Å². The predicted molar refractivity (Wildman–Crippen MR) is 186 cm³/mol. The van der Waals surface area contributed by atoms with Crippen LogP contribution in [0.15, 0.2) is 138 Å². The number of para-hydroxylation sites is 1. The second-order valence-corrected chi connectivity index (χ2v) is 14.5. The standard InChI is InChI=1S/C40H32F4N2O3S/c1-26-17-20-32(21-18-26)50(48,49)46-35-22-19-30(40(42,43)44)24-33(35)36(37(46)28-13-7-3-8-14-28)29-23-34(27-11-5-2-6-12-27)39(41,25-29)38(47)45-31-15-9-4-10-16-31/h2-22,24,29,34H,23,25H2,1H3,(H,45,47)/t29-,34+,39-/m1/s1. The van der Waals surface area contributed by atoms with Gasteiger partial charge in [0.2, 0.25) is 0 Å². The highest BCUT2D eigenvalue weighted by Crippen LogP contribution is 2.56. The fourth-order valence-electron chi connectivity index (χ4n) is 7.18. The van der Waals surface area contributed by atoms with Gasteiger partial charge in [0.05, 0.1) is 21.7 Å². The number of anilines is 1. The first-order valence-corrected chi connectivity index (χ1v) is 17.6. The van der Waals surface area contributed by atoms with Gasteiger partial charge < -0.3 is 5.32 Å². The van der Waals surface area contributed by atoms with E-state index in [0.29, 0.717) is 16.8 Å². The second kappa shape index (κ2) is 12.6. The lowest BCUT2D eigenvalue weighted by molar-refractivity contribution is -0.137. The highest BCUT2D eigenvalue weighted by Gasteiger charge is 2.55. The summed E-state index contributed by atoms with van der Waals surface area (Å²) in [6, 6.07) is 34.8. The fourth-order valence-corrected chi connectivity index (χ4v) is 8.73. The van der Waals surface area contributed by atoms with Gasteiger partial charge in [0.1, 0.15) is 0 Å². The summed E-state index contributed by atoms with van der Waals surface area (Å²) in [5.41, 5.74) is -0.891. The molecule has 0 aliphatic heterocycles. The van der Waals surface area contributed by atoms with Gasteiger partial charge in [-0.15, -0.1) is 0 Å². The van der Waals surface area contributed by atoms with Crippen molar-refractivity contribution >= 4 is 32.5 Å². The molecule has 1 heterocycles. The number of hydrogen-bond acceptors (Lipinski definition) is 3. The Labute approximate surface area is 287 Å². The van der Waals surface area contributed by atoms with Crippen LogP contribution in [-0.4, -0.2) is 24.0 Å². The third-order valence-corrected chi connectivity index (χ3v) is 11.3. The van der Waals surface area contributed by atoms with Crippen LogP contribution in [0.25, 0.3) is 22.2 Å². The van der Waals surface area contributed by atoms with E-state index in [9.17, 15) is 26.4 Å².